The minimum Gasteiger partial charge on any atom is -0.497 e. The predicted octanol–water partition coefficient (Wildman–Crippen LogP) is 3.42. The van der Waals surface area contributed by atoms with Crippen LogP contribution in [0.2, 0.25) is 0 Å². The molecule has 3 aliphatic heterocycles. The summed E-state index contributed by atoms with van der Waals surface area (Å²) < 4.78 is 30.4. The predicted molar refractivity (Wildman–Crippen MR) is 150 cm³/mol. The molecule has 3 fully saturated rings. The Morgan fingerprint density at radius 1 is 0.975 bits per heavy atom. The third kappa shape index (κ3) is 5.81. The van der Waals surface area contributed by atoms with E-state index in [0.29, 0.717) is 52.2 Å². The van der Waals surface area contributed by atoms with Crippen LogP contribution >= 0.6 is 0 Å². The highest BCUT2D eigenvalue weighted by Crippen LogP contribution is 2.41. The number of ether oxygens (including phenoxy) is 3. The second kappa shape index (κ2) is 12.6. The number of amides is 1. The first kappa shape index (κ1) is 28.4. The summed E-state index contributed by atoms with van der Waals surface area (Å²) >= 11 is 0. The lowest BCUT2D eigenvalue weighted by atomic mass is 9.87. The lowest BCUT2D eigenvalue weighted by molar-refractivity contribution is -0.146. The Bertz CT molecular complexity index is 1180. The number of piperidine rings is 1. The Labute approximate surface area is 235 Å². The van der Waals surface area contributed by atoms with Crippen LogP contribution in [0.1, 0.15) is 35.8 Å². The van der Waals surface area contributed by atoms with E-state index in [1.54, 1.807) is 20.3 Å². The first-order valence-electron chi connectivity index (χ1n) is 14.2. The van der Waals surface area contributed by atoms with Crippen LogP contribution in [0.3, 0.4) is 0 Å². The molecule has 1 amide bonds. The van der Waals surface area contributed by atoms with Crippen molar-refractivity contribution in [3.63, 3.8) is 0 Å². The summed E-state index contributed by atoms with van der Waals surface area (Å²) in [6, 6.07) is 13.0. The summed E-state index contributed by atoms with van der Waals surface area (Å²) in [6.45, 7) is 4.38. The Morgan fingerprint density at radius 3 is 2.40 bits per heavy atom. The van der Waals surface area contributed by atoms with Gasteiger partial charge < -0.3 is 29.3 Å². The molecule has 0 saturated carbocycles. The van der Waals surface area contributed by atoms with Crippen molar-refractivity contribution in [1.82, 2.24) is 10.2 Å². The molecule has 40 heavy (non-hydrogen) atoms. The van der Waals surface area contributed by atoms with Gasteiger partial charge in [-0.2, -0.15) is 0 Å². The van der Waals surface area contributed by atoms with Gasteiger partial charge in [0.05, 0.1) is 32.7 Å². The second-order valence-corrected chi connectivity index (χ2v) is 11.2. The van der Waals surface area contributed by atoms with E-state index in [2.05, 4.69) is 10.2 Å². The molecule has 8 nitrogen and oxygen atoms in total. The molecule has 3 heterocycles. The minimum atomic E-state index is -0.289. The van der Waals surface area contributed by atoms with Crippen LogP contribution < -0.4 is 15.0 Å². The number of carbonyl (C=O) groups is 2. The number of anilines is 1. The number of hydrogen-bond donors (Lipinski definition) is 1. The number of benzene rings is 2. The first-order valence-corrected chi connectivity index (χ1v) is 14.2. The first-order chi connectivity index (χ1) is 19.4. The van der Waals surface area contributed by atoms with Crippen molar-refractivity contribution in [1.29, 1.82) is 0 Å². The lowest BCUT2D eigenvalue weighted by Gasteiger charge is -2.35. The van der Waals surface area contributed by atoms with E-state index in [1.165, 1.54) is 13.2 Å². The maximum Gasteiger partial charge on any atom is 0.308 e. The van der Waals surface area contributed by atoms with Crippen LogP contribution in [-0.4, -0.2) is 84.0 Å². The van der Waals surface area contributed by atoms with Gasteiger partial charge in [0, 0.05) is 69.8 Å². The van der Waals surface area contributed by atoms with Crippen molar-refractivity contribution in [3.8, 4) is 5.75 Å². The van der Waals surface area contributed by atoms with Crippen molar-refractivity contribution < 1.29 is 28.2 Å². The maximum atomic E-state index is 14.6. The number of likely N-dealkylation sites (tertiary alicyclic amines) is 1. The molecule has 0 unspecified atom stereocenters. The molecular formula is C31H40FN3O5. The number of hydrogen-bond acceptors (Lipinski definition) is 7. The van der Waals surface area contributed by atoms with Crippen LogP contribution in [0.4, 0.5) is 10.1 Å². The standard InChI is InChI=1S/C31H40FN3O5/c1-38-19-22-17-35(30(36)27-16-33-15-26(27)20-4-7-24(39-2)8-5-20)18-28(22)25-9-6-23(32)14-29(25)34-12-10-21(11-13-34)31(37)40-3/h4-9,14,21-22,26-28,33H,10-13,15-19H2,1-3H3/t22-,26+,27-,28+/m1/s1. The zero-order chi connectivity index (χ0) is 28.2. The number of methoxy groups -OCH3 is 3. The van der Waals surface area contributed by atoms with Crippen LogP contribution in [-0.2, 0) is 19.1 Å². The molecule has 1 N–H and O–H groups in total. The molecule has 216 valence electrons. The van der Waals surface area contributed by atoms with E-state index in [-0.39, 0.29) is 47.3 Å². The van der Waals surface area contributed by atoms with Crippen molar-refractivity contribution in [2.75, 3.05) is 72.1 Å². The van der Waals surface area contributed by atoms with E-state index in [1.807, 2.05) is 35.2 Å². The molecule has 0 aliphatic carbocycles. The highest BCUT2D eigenvalue weighted by atomic mass is 19.1. The monoisotopic (exact) mass is 553 g/mol. The van der Waals surface area contributed by atoms with Gasteiger partial charge in [0.1, 0.15) is 11.6 Å². The molecule has 2 aromatic rings. The summed E-state index contributed by atoms with van der Waals surface area (Å²) in [4.78, 5) is 30.2. The Hall–Kier alpha value is -3.17. The molecule has 0 aromatic heterocycles. The SMILES string of the molecule is COC[C@H]1CN(C(=O)[C@@H]2CNC[C@H]2c2ccc(OC)cc2)C[C@@H]1c1ccc(F)cc1N1CCC(C(=O)OC)CC1. The zero-order valence-corrected chi connectivity index (χ0v) is 23.6. The molecule has 5 rings (SSSR count). The van der Waals surface area contributed by atoms with Crippen LogP contribution in [0.25, 0.3) is 0 Å². The van der Waals surface area contributed by atoms with Gasteiger partial charge in [0.2, 0.25) is 5.91 Å². The average molecular weight is 554 g/mol. The number of halogens is 1. The summed E-state index contributed by atoms with van der Waals surface area (Å²) in [7, 11) is 4.75. The minimum absolute atomic E-state index is 0.0200. The maximum absolute atomic E-state index is 14.6. The molecular weight excluding hydrogens is 513 g/mol. The molecule has 0 bridgehead atoms. The fraction of sp³-hybridized carbons (Fsp3) is 0.548. The van der Waals surface area contributed by atoms with Crippen molar-refractivity contribution >= 4 is 17.6 Å². The lowest BCUT2D eigenvalue weighted by Crippen LogP contribution is -2.38. The highest BCUT2D eigenvalue weighted by Gasteiger charge is 2.43. The van der Waals surface area contributed by atoms with Gasteiger partial charge in [-0.05, 0) is 48.2 Å². The van der Waals surface area contributed by atoms with E-state index < -0.39 is 0 Å². The summed E-state index contributed by atoms with van der Waals surface area (Å²) in [5.41, 5.74) is 3.01. The molecule has 3 saturated heterocycles. The Kier molecular flexibility index (Phi) is 8.90. The molecule has 0 spiro atoms. The van der Waals surface area contributed by atoms with E-state index in [4.69, 9.17) is 14.2 Å². The molecule has 9 heteroatoms. The van der Waals surface area contributed by atoms with Gasteiger partial charge in [-0.15, -0.1) is 0 Å². The Morgan fingerprint density at radius 2 is 1.73 bits per heavy atom. The molecule has 3 aliphatic rings. The van der Waals surface area contributed by atoms with E-state index in [9.17, 15) is 14.0 Å². The fourth-order valence-electron chi connectivity index (χ4n) is 6.79. The van der Waals surface area contributed by atoms with Crippen molar-refractivity contribution in [2.24, 2.45) is 17.8 Å². The van der Waals surface area contributed by atoms with E-state index >= 15 is 0 Å². The van der Waals surface area contributed by atoms with Gasteiger partial charge in [-0.1, -0.05) is 18.2 Å². The van der Waals surface area contributed by atoms with Crippen LogP contribution in [0, 0.1) is 23.6 Å². The Balaban J connectivity index is 1.35. The summed E-state index contributed by atoms with van der Waals surface area (Å²) in [5.74, 6) is 0.408. The van der Waals surface area contributed by atoms with Gasteiger partial charge >= 0.3 is 5.97 Å². The summed E-state index contributed by atoms with van der Waals surface area (Å²) in [5, 5.41) is 3.42. The van der Waals surface area contributed by atoms with Crippen molar-refractivity contribution in [2.45, 2.75) is 24.7 Å². The normalized spacial score (nSPS) is 25.3. The third-order valence-corrected chi connectivity index (χ3v) is 8.97. The quantitative estimate of drug-likeness (QED) is 0.502. The van der Waals surface area contributed by atoms with Crippen LogP contribution in [0.15, 0.2) is 42.5 Å². The second-order valence-electron chi connectivity index (χ2n) is 11.2. The van der Waals surface area contributed by atoms with Gasteiger partial charge in [-0.3, -0.25) is 9.59 Å². The highest BCUT2D eigenvalue weighted by molar-refractivity contribution is 5.81. The van der Waals surface area contributed by atoms with Crippen LogP contribution in [0.5, 0.6) is 5.75 Å². The van der Waals surface area contributed by atoms with Gasteiger partial charge in [-0.25, -0.2) is 4.39 Å². The number of carbonyl (C=O) groups excluding carboxylic acids is 2. The van der Waals surface area contributed by atoms with Gasteiger partial charge in [0.15, 0.2) is 0 Å². The third-order valence-electron chi connectivity index (χ3n) is 8.97. The number of nitrogens with zero attached hydrogens (tertiary/aromatic N) is 2. The molecule has 0 radical (unpaired) electrons. The van der Waals surface area contributed by atoms with Crippen molar-refractivity contribution in [3.05, 3.63) is 59.4 Å². The largest absolute Gasteiger partial charge is 0.497 e. The van der Waals surface area contributed by atoms with E-state index in [0.717, 1.165) is 29.1 Å². The molecule has 2 aromatic carbocycles. The number of nitrogens with one attached hydrogen (secondary N) is 1. The topological polar surface area (TPSA) is 80.3 Å². The number of rotatable bonds is 8. The smallest absolute Gasteiger partial charge is 0.308 e. The molecule has 4 atom stereocenters. The zero-order valence-electron chi connectivity index (χ0n) is 23.6. The summed E-state index contributed by atoms with van der Waals surface area (Å²) in [6.07, 6.45) is 1.33. The van der Waals surface area contributed by atoms with Gasteiger partial charge in [0.25, 0.3) is 0 Å². The average Bonchev–Trinajstić information content (AvgIpc) is 3.65. The fourth-order valence-corrected chi connectivity index (χ4v) is 6.79. The number of esters is 1.